The molecule has 0 aliphatic rings. The highest BCUT2D eigenvalue weighted by Crippen LogP contribution is 2.27. The third kappa shape index (κ3) is 4.23. The first-order valence-corrected chi connectivity index (χ1v) is 7.77. The summed E-state index contributed by atoms with van der Waals surface area (Å²) in [4.78, 5) is 14.9. The summed E-state index contributed by atoms with van der Waals surface area (Å²) < 4.78 is 26.7. The van der Waals surface area contributed by atoms with E-state index in [2.05, 4.69) is 15.0 Å². The topological polar surface area (TPSA) is 108 Å². The van der Waals surface area contributed by atoms with Gasteiger partial charge in [0.15, 0.2) is 9.34 Å². The maximum atomic E-state index is 12.2. The van der Waals surface area contributed by atoms with Crippen LogP contribution in [0.5, 0.6) is 0 Å². The van der Waals surface area contributed by atoms with Gasteiger partial charge < -0.3 is 10.4 Å². The summed E-state index contributed by atoms with van der Waals surface area (Å²) in [5.74, 6) is -0.318. The smallest absolute Gasteiger partial charge is 0.252 e. The van der Waals surface area contributed by atoms with Gasteiger partial charge in [0.1, 0.15) is 0 Å². The van der Waals surface area contributed by atoms with Gasteiger partial charge in [0.05, 0.1) is 17.8 Å². The van der Waals surface area contributed by atoms with E-state index in [1.165, 1.54) is 6.92 Å². The van der Waals surface area contributed by atoms with Gasteiger partial charge in [-0.25, -0.2) is 18.1 Å². The van der Waals surface area contributed by atoms with Crippen molar-refractivity contribution in [3.8, 4) is 0 Å². The minimum absolute atomic E-state index is 0.0257. The van der Waals surface area contributed by atoms with Crippen LogP contribution < -0.4 is 10.0 Å². The van der Waals surface area contributed by atoms with E-state index in [-0.39, 0.29) is 21.9 Å². The maximum absolute atomic E-state index is 12.2. The molecule has 7 nitrogen and oxygen atoms in total. The summed E-state index contributed by atoms with van der Waals surface area (Å²) >= 11 is 0.871. The van der Waals surface area contributed by atoms with E-state index in [1.54, 1.807) is 20.8 Å². The molecule has 0 spiro atoms. The van der Waals surface area contributed by atoms with E-state index < -0.39 is 15.6 Å². The zero-order valence-corrected chi connectivity index (χ0v) is 12.8. The zero-order valence-electron chi connectivity index (χ0n) is 11.1. The predicted octanol–water partition coefficient (Wildman–Crippen LogP) is 0.459. The Morgan fingerprint density at radius 3 is 2.53 bits per heavy atom. The molecule has 0 atom stereocenters. The Balaban J connectivity index is 3.08. The Labute approximate surface area is 116 Å². The molecule has 0 unspecified atom stereocenters. The Morgan fingerprint density at radius 1 is 1.47 bits per heavy atom. The lowest BCUT2D eigenvalue weighted by molar-refractivity contribution is -0.114. The van der Waals surface area contributed by atoms with Crippen LogP contribution in [0, 0.1) is 6.92 Å². The quantitative estimate of drug-likeness (QED) is 0.732. The second-order valence-corrected chi connectivity index (χ2v) is 7.60. The fourth-order valence-electron chi connectivity index (χ4n) is 1.28. The normalized spacial score (nSPS) is 12.5. The third-order valence-corrected chi connectivity index (χ3v) is 5.47. The van der Waals surface area contributed by atoms with Gasteiger partial charge in [-0.15, -0.1) is 0 Å². The number of hydrogen-bond donors (Lipinski definition) is 3. The second kappa shape index (κ2) is 5.53. The van der Waals surface area contributed by atoms with Gasteiger partial charge >= 0.3 is 0 Å². The number of aryl methyl sites for hydroxylation is 1. The lowest BCUT2D eigenvalue weighted by Crippen LogP contribution is -2.46. The highest BCUT2D eigenvalue weighted by molar-refractivity contribution is 7.91. The highest BCUT2D eigenvalue weighted by atomic mass is 32.2. The number of amides is 1. The summed E-state index contributed by atoms with van der Waals surface area (Å²) in [6.45, 7) is 5.66. The number of aliphatic hydroxyl groups excluding tert-OH is 1. The molecule has 3 N–H and O–H groups in total. The van der Waals surface area contributed by atoms with E-state index in [0.717, 1.165) is 11.3 Å². The first kappa shape index (κ1) is 16.0. The van der Waals surface area contributed by atoms with Crippen molar-refractivity contribution in [3.63, 3.8) is 0 Å². The van der Waals surface area contributed by atoms with Gasteiger partial charge in [0, 0.05) is 6.92 Å². The number of sulfonamides is 1. The van der Waals surface area contributed by atoms with Crippen molar-refractivity contribution < 1.29 is 18.3 Å². The Kier molecular flexibility index (Phi) is 4.67. The van der Waals surface area contributed by atoms with Crippen molar-refractivity contribution in [2.75, 3.05) is 11.9 Å². The molecule has 1 rings (SSSR count). The van der Waals surface area contributed by atoms with Crippen LogP contribution in [-0.4, -0.2) is 36.6 Å². The molecule has 1 heterocycles. The lowest BCUT2D eigenvalue weighted by Gasteiger charge is -2.22. The van der Waals surface area contributed by atoms with E-state index in [9.17, 15) is 13.2 Å². The van der Waals surface area contributed by atoms with Crippen molar-refractivity contribution in [2.45, 2.75) is 37.4 Å². The number of anilines is 1. The lowest BCUT2D eigenvalue weighted by atomic mass is 10.1. The molecule has 9 heteroatoms. The van der Waals surface area contributed by atoms with E-state index in [0.29, 0.717) is 5.69 Å². The standard InChI is InChI=1S/C10H17N3O4S2/c1-6-8(18-9(11-6)12-7(2)15)19(16,17)13-10(3,4)5-14/h13-14H,5H2,1-4H3,(H,11,12,15). The number of rotatable bonds is 5. The van der Waals surface area contributed by atoms with Crippen LogP contribution in [0.3, 0.4) is 0 Å². The molecule has 19 heavy (non-hydrogen) atoms. The fourth-order valence-corrected chi connectivity index (χ4v) is 4.14. The molecule has 0 aliphatic heterocycles. The van der Waals surface area contributed by atoms with Crippen LogP contribution in [-0.2, 0) is 14.8 Å². The van der Waals surface area contributed by atoms with E-state index >= 15 is 0 Å². The molecule has 0 bridgehead atoms. The van der Waals surface area contributed by atoms with Crippen molar-refractivity contribution >= 4 is 32.4 Å². The van der Waals surface area contributed by atoms with Crippen LogP contribution in [0.25, 0.3) is 0 Å². The van der Waals surface area contributed by atoms with Gasteiger partial charge in [-0.05, 0) is 20.8 Å². The number of carbonyl (C=O) groups is 1. The molecule has 1 aromatic heterocycles. The predicted molar refractivity (Wildman–Crippen MR) is 72.6 cm³/mol. The van der Waals surface area contributed by atoms with Gasteiger partial charge in [-0.3, -0.25) is 4.79 Å². The van der Waals surface area contributed by atoms with Gasteiger partial charge in [0.2, 0.25) is 5.91 Å². The molecule has 0 radical (unpaired) electrons. The molecule has 0 saturated carbocycles. The SMILES string of the molecule is CC(=O)Nc1nc(C)c(S(=O)(=O)NC(C)(C)CO)s1. The van der Waals surface area contributed by atoms with Crippen LogP contribution >= 0.6 is 11.3 Å². The fraction of sp³-hybridized carbons (Fsp3) is 0.600. The minimum atomic E-state index is -3.78. The van der Waals surface area contributed by atoms with Crippen LogP contribution in [0.2, 0.25) is 0 Å². The number of carbonyl (C=O) groups excluding carboxylic acids is 1. The van der Waals surface area contributed by atoms with Crippen LogP contribution in [0.15, 0.2) is 4.21 Å². The number of thiazole rings is 1. The number of nitrogens with zero attached hydrogens (tertiary/aromatic N) is 1. The summed E-state index contributed by atoms with van der Waals surface area (Å²) in [6, 6.07) is 0. The Hall–Kier alpha value is -1.03. The molecule has 108 valence electrons. The number of aromatic nitrogens is 1. The van der Waals surface area contributed by atoms with Crippen LogP contribution in [0.1, 0.15) is 26.5 Å². The van der Waals surface area contributed by atoms with Crippen molar-refractivity contribution in [3.05, 3.63) is 5.69 Å². The first-order valence-electron chi connectivity index (χ1n) is 5.47. The maximum Gasteiger partial charge on any atom is 0.252 e. The molecule has 1 aromatic rings. The average Bonchev–Trinajstić information content (AvgIpc) is 2.57. The number of aliphatic hydroxyl groups is 1. The largest absolute Gasteiger partial charge is 0.394 e. The van der Waals surface area contributed by atoms with E-state index in [1.807, 2.05) is 0 Å². The summed E-state index contributed by atoms with van der Waals surface area (Å²) in [6.07, 6.45) is 0. The summed E-state index contributed by atoms with van der Waals surface area (Å²) in [5, 5.41) is 11.8. The Morgan fingerprint density at radius 2 is 2.05 bits per heavy atom. The summed E-state index contributed by atoms with van der Waals surface area (Å²) in [7, 11) is -3.78. The molecule has 0 aromatic carbocycles. The molecule has 0 fully saturated rings. The Bertz CT molecular complexity index is 578. The van der Waals surface area contributed by atoms with Crippen LogP contribution in [0.4, 0.5) is 5.13 Å². The van der Waals surface area contributed by atoms with Gasteiger partial charge in [0.25, 0.3) is 10.0 Å². The second-order valence-electron chi connectivity index (χ2n) is 4.72. The first-order chi connectivity index (χ1) is 8.57. The number of nitrogens with one attached hydrogen (secondary N) is 2. The molecular weight excluding hydrogens is 290 g/mol. The molecule has 1 amide bonds. The molecule has 0 saturated heterocycles. The van der Waals surface area contributed by atoms with Crippen molar-refractivity contribution in [1.29, 1.82) is 0 Å². The summed E-state index contributed by atoms with van der Waals surface area (Å²) in [5.41, 5.74) is -0.668. The molecular formula is C10H17N3O4S2. The average molecular weight is 307 g/mol. The van der Waals surface area contributed by atoms with Crippen molar-refractivity contribution in [2.24, 2.45) is 0 Å². The third-order valence-electron chi connectivity index (χ3n) is 2.09. The highest BCUT2D eigenvalue weighted by Gasteiger charge is 2.29. The number of hydrogen-bond acceptors (Lipinski definition) is 6. The monoisotopic (exact) mass is 307 g/mol. The van der Waals surface area contributed by atoms with Gasteiger partial charge in [-0.2, -0.15) is 0 Å². The zero-order chi connectivity index (χ0) is 14.8. The van der Waals surface area contributed by atoms with Crippen molar-refractivity contribution in [1.82, 2.24) is 9.71 Å². The molecule has 0 aliphatic carbocycles. The van der Waals surface area contributed by atoms with Gasteiger partial charge in [-0.1, -0.05) is 11.3 Å². The van der Waals surface area contributed by atoms with E-state index in [4.69, 9.17) is 5.11 Å². The minimum Gasteiger partial charge on any atom is -0.394 e.